The van der Waals surface area contributed by atoms with E-state index in [0.29, 0.717) is 16.3 Å². The van der Waals surface area contributed by atoms with Gasteiger partial charge in [0.05, 0.1) is 37.0 Å². The minimum Gasteiger partial charge on any atom is -0.496 e. The molecule has 0 radical (unpaired) electrons. The summed E-state index contributed by atoms with van der Waals surface area (Å²) in [6, 6.07) is 7.06. The van der Waals surface area contributed by atoms with Crippen molar-refractivity contribution < 1.29 is 14.6 Å². The Kier molecular flexibility index (Phi) is 5.06. The number of benzene rings is 1. The zero-order valence-corrected chi connectivity index (χ0v) is 9.57. The molecule has 86 valence electrons. The largest absolute Gasteiger partial charge is 0.496 e. The van der Waals surface area contributed by atoms with E-state index < -0.39 is 6.10 Å². The topological polar surface area (TPSA) is 62.5 Å². The number of ether oxygens (including phenoxy) is 2. The first-order valence-electron chi connectivity index (χ1n) is 4.69. The van der Waals surface area contributed by atoms with Gasteiger partial charge in [-0.3, -0.25) is 0 Å². The standard InChI is InChI=1S/C11H12ClNO3/c1-15-9-4-2-3-8(12)11(9)10(7-13)16-6-5-14/h2-4,10,14H,5-6H2,1H3. The zero-order chi connectivity index (χ0) is 12.0. The van der Waals surface area contributed by atoms with Crippen molar-refractivity contribution in [3.63, 3.8) is 0 Å². The molecule has 1 N–H and O–H groups in total. The van der Waals surface area contributed by atoms with Crippen LogP contribution in [-0.2, 0) is 4.74 Å². The lowest BCUT2D eigenvalue weighted by molar-refractivity contribution is 0.0569. The molecule has 0 saturated carbocycles. The summed E-state index contributed by atoms with van der Waals surface area (Å²) >= 11 is 5.99. The van der Waals surface area contributed by atoms with Crippen LogP contribution in [0.25, 0.3) is 0 Å². The summed E-state index contributed by atoms with van der Waals surface area (Å²) in [6.07, 6.45) is -0.837. The van der Waals surface area contributed by atoms with Crippen molar-refractivity contribution in [2.45, 2.75) is 6.10 Å². The number of hydrogen-bond donors (Lipinski definition) is 1. The highest BCUT2D eigenvalue weighted by Gasteiger charge is 2.19. The van der Waals surface area contributed by atoms with E-state index in [4.69, 9.17) is 31.4 Å². The zero-order valence-electron chi connectivity index (χ0n) is 8.81. The monoisotopic (exact) mass is 241 g/mol. The molecule has 0 aromatic heterocycles. The van der Waals surface area contributed by atoms with E-state index in [1.165, 1.54) is 7.11 Å². The van der Waals surface area contributed by atoms with Crippen LogP contribution in [-0.4, -0.2) is 25.4 Å². The van der Waals surface area contributed by atoms with Crippen molar-refractivity contribution >= 4 is 11.6 Å². The normalized spacial score (nSPS) is 11.9. The van der Waals surface area contributed by atoms with Gasteiger partial charge >= 0.3 is 0 Å². The van der Waals surface area contributed by atoms with Crippen molar-refractivity contribution in [1.82, 2.24) is 0 Å². The van der Waals surface area contributed by atoms with E-state index in [1.807, 2.05) is 6.07 Å². The number of aliphatic hydroxyl groups is 1. The van der Waals surface area contributed by atoms with E-state index >= 15 is 0 Å². The Bertz CT molecular complexity index is 389. The summed E-state index contributed by atoms with van der Waals surface area (Å²) in [7, 11) is 1.50. The first-order chi connectivity index (χ1) is 7.74. The van der Waals surface area contributed by atoms with Gasteiger partial charge in [0.1, 0.15) is 5.75 Å². The molecule has 0 amide bonds. The van der Waals surface area contributed by atoms with Gasteiger partial charge in [0, 0.05) is 0 Å². The lowest BCUT2D eigenvalue weighted by Crippen LogP contribution is -2.08. The molecule has 4 nitrogen and oxygen atoms in total. The highest BCUT2D eigenvalue weighted by Crippen LogP contribution is 2.33. The quantitative estimate of drug-likeness (QED) is 0.856. The van der Waals surface area contributed by atoms with Crippen molar-refractivity contribution in [2.75, 3.05) is 20.3 Å². The van der Waals surface area contributed by atoms with Gasteiger partial charge in [-0.15, -0.1) is 0 Å². The molecule has 1 rings (SSSR count). The molecular formula is C11H12ClNO3. The van der Waals surface area contributed by atoms with Crippen molar-refractivity contribution in [1.29, 1.82) is 5.26 Å². The first kappa shape index (κ1) is 12.8. The maximum Gasteiger partial charge on any atom is 0.174 e. The fraction of sp³-hybridized carbons (Fsp3) is 0.364. The predicted molar refractivity (Wildman–Crippen MR) is 59.4 cm³/mol. The fourth-order valence-electron chi connectivity index (χ4n) is 1.31. The molecule has 0 aliphatic heterocycles. The molecule has 1 aromatic carbocycles. The van der Waals surface area contributed by atoms with Gasteiger partial charge in [0.25, 0.3) is 0 Å². The molecule has 16 heavy (non-hydrogen) atoms. The highest BCUT2D eigenvalue weighted by atomic mass is 35.5. The van der Waals surface area contributed by atoms with E-state index in [1.54, 1.807) is 18.2 Å². The van der Waals surface area contributed by atoms with Crippen LogP contribution in [0.5, 0.6) is 5.75 Å². The van der Waals surface area contributed by atoms with Crippen LogP contribution in [0, 0.1) is 11.3 Å². The molecule has 0 heterocycles. The van der Waals surface area contributed by atoms with Crippen LogP contribution in [0.2, 0.25) is 5.02 Å². The maximum absolute atomic E-state index is 8.98. The molecule has 5 heteroatoms. The third kappa shape index (κ3) is 2.86. The predicted octanol–water partition coefficient (Wildman–Crippen LogP) is 1.92. The molecule has 0 aliphatic carbocycles. The summed E-state index contributed by atoms with van der Waals surface area (Å²) < 4.78 is 10.3. The van der Waals surface area contributed by atoms with Crippen LogP contribution in [0.3, 0.4) is 0 Å². The second-order valence-corrected chi connectivity index (χ2v) is 3.37. The molecule has 0 fully saturated rings. The second-order valence-electron chi connectivity index (χ2n) is 2.96. The van der Waals surface area contributed by atoms with Crippen LogP contribution in [0.1, 0.15) is 11.7 Å². The Morgan fingerprint density at radius 2 is 2.31 bits per heavy atom. The van der Waals surface area contributed by atoms with Gasteiger partial charge in [0.2, 0.25) is 0 Å². The summed E-state index contributed by atoms with van der Waals surface area (Å²) in [5, 5.41) is 18.0. The molecule has 1 unspecified atom stereocenters. The SMILES string of the molecule is COc1cccc(Cl)c1C(C#N)OCCO. The van der Waals surface area contributed by atoms with Gasteiger partial charge in [-0.25, -0.2) is 0 Å². The average molecular weight is 242 g/mol. The van der Waals surface area contributed by atoms with Crippen LogP contribution < -0.4 is 4.74 Å². The van der Waals surface area contributed by atoms with Crippen LogP contribution >= 0.6 is 11.6 Å². The Morgan fingerprint density at radius 3 is 2.88 bits per heavy atom. The molecule has 1 atom stereocenters. The number of hydrogen-bond acceptors (Lipinski definition) is 4. The minimum atomic E-state index is -0.837. The first-order valence-corrected chi connectivity index (χ1v) is 5.06. The molecule has 0 spiro atoms. The number of methoxy groups -OCH3 is 1. The summed E-state index contributed by atoms with van der Waals surface area (Å²) in [5.41, 5.74) is 0.489. The Hall–Kier alpha value is -1.28. The van der Waals surface area contributed by atoms with Crippen LogP contribution in [0.4, 0.5) is 0 Å². The van der Waals surface area contributed by atoms with E-state index in [2.05, 4.69) is 0 Å². The number of nitriles is 1. The lowest BCUT2D eigenvalue weighted by Gasteiger charge is -2.15. The maximum atomic E-state index is 8.98. The Balaban J connectivity index is 3.04. The molecule has 0 bridgehead atoms. The van der Waals surface area contributed by atoms with E-state index in [-0.39, 0.29) is 13.2 Å². The van der Waals surface area contributed by atoms with Crippen molar-refractivity contribution in [3.8, 4) is 11.8 Å². The van der Waals surface area contributed by atoms with Gasteiger partial charge in [-0.05, 0) is 12.1 Å². The molecule has 0 saturated heterocycles. The third-order valence-corrected chi connectivity index (χ3v) is 2.32. The third-order valence-electron chi connectivity index (χ3n) is 1.99. The number of halogens is 1. The van der Waals surface area contributed by atoms with Crippen molar-refractivity contribution in [3.05, 3.63) is 28.8 Å². The van der Waals surface area contributed by atoms with E-state index in [0.717, 1.165) is 0 Å². The fourth-order valence-corrected chi connectivity index (χ4v) is 1.57. The summed E-state index contributed by atoms with van der Waals surface area (Å²) in [6.45, 7) is -0.0719. The van der Waals surface area contributed by atoms with Crippen molar-refractivity contribution in [2.24, 2.45) is 0 Å². The average Bonchev–Trinajstić information content (AvgIpc) is 2.31. The van der Waals surface area contributed by atoms with E-state index in [9.17, 15) is 0 Å². The molecule has 0 aliphatic rings. The number of rotatable bonds is 5. The number of nitrogens with zero attached hydrogens (tertiary/aromatic N) is 1. The Morgan fingerprint density at radius 1 is 1.56 bits per heavy atom. The number of aliphatic hydroxyl groups excluding tert-OH is 1. The minimum absolute atomic E-state index is 0.0760. The van der Waals surface area contributed by atoms with Crippen LogP contribution in [0.15, 0.2) is 18.2 Å². The van der Waals surface area contributed by atoms with Gasteiger partial charge in [-0.2, -0.15) is 5.26 Å². The van der Waals surface area contributed by atoms with Gasteiger partial charge < -0.3 is 14.6 Å². The molecular weight excluding hydrogens is 230 g/mol. The Labute approximate surface area is 99.0 Å². The summed E-state index contributed by atoms with van der Waals surface area (Å²) in [4.78, 5) is 0. The lowest BCUT2D eigenvalue weighted by atomic mass is 10.1. The summed E-state index contributed by atoms with van der Waals surface area (Å²) in [5.74, 6) is 0.497. The second kappa shape index (κ2) is 6.33. The smallest absolute Gasteiger partial charge is 0.174 e. The molecule has 1 aromatic rings. The van der Waals surface area contributed by atoms with Gasteiger partial charge in [-0.1, -0.05) is 17.7 Å². The van der Waals surface area contributed by atoms with Gasteiger partial charge in [0.15, 0.2) is 6.10 Å². The highest BCUT2D eigenvalue weighted by molar-refractivity contribution is 6.31.